The number of hydrogen-bond acceptors (Lipinski definition) is 4. The summed E-state index contributed by atoms with van der Waals surface area (Å²) in [6, 6.07) is 8.01. The molecule has 0 bridgehead atoms. The lowest BCUT2D eigenvalue weighted by Gasteiger charge is -2.06. The monoisotopic (exact) mass is 239 g/mol. The van der Waals surface area contributed by atoms with Crippen LogP contribution in [0.2, 0.25) is 0 Å². The Morgan fingerprint density at radius 1 is 1.06 bits per heavy atom. The van der Waals surface area contributed by atoms with Gasteiger partial charge in [-0.15, -0.1) is 10.2 Å². The number of fused-ring (bicyclic) bond motifs is 1. The van der Waals surface area contributed by atoms with E-state index in [1.807, 2.05) is 44.3 Å². The van der Waals surface area contributed by atoms with Crippen LogP contribution in [-0.2, 0) is 0 Å². The van der Waals surface area contributed by atoms with Gasteiger partial charge in [0.15, 0.2) is 5.82 Å². The molecule has 0 unspecified atom stereocenters. The maximum Gasteiger partial charge on any atom is 0.183 e. The molecular formula is C13H13N5. The molecule has 0 fully saturated rings. The number of aromatic nitrogens is 4. The lowest BCUT2D eigenvalue weighted by Crippen LogP contribution is -2.03. The first-order valence-corrected chi connectivity index (χ1v) is 5.71. The van der Waals surface area contributed by atoms with Crippen LogP contribution in [0.4, 0.5) is 5.82 Å². The second-order valence-electron chi connectivity index (χ2n) is 4.30. The van der Waals surface area contributed by atoms with Gasteiger partial charge in [0.05, 0.1) is 5.69 Å². The Morgan fingerprint density at radius 2 is 1.78 bits per heavy atom. The molecular weight excluding hydrogens is 226 g/mol. The van der Waals surface area contributed by atoms with Crippen molar-refractivity contribution in [2.75, 3.05) is 5.73 Å². The van der Waals surface area contributed by atoms with E-state index in [0.29, 0.717) is 11.6 Å². The molecule has 5 nitrogen and oxygen atoms in total. The van der Waals surface area contributed by atoms with Crippen LogP contribution < -0.4 is 5.73 Å². The number of benzene rings is 1. The number of aryl methyl sites for hydroxylation is 2. The van der Waals surface area contributed by atoms with Crippen LogP contribution in [0.15, 0.2) is 30.5 Å². The summed E-state index contributed by atoms with van der Waals surface area (Å²) in [7, 11) is 0. The third kappa shape index (κ3) is 1.52. The first-order valence-electron chi connectivity index (χ1n) is 5.71. The van der Waals surface area contributed by atoms with E-state index in [0.717, 1.165) is 22.0 Å². The molecule has 90 valence electrons. The highest BCUT2D eigenvalue weighted by Gasteiger charge is 2.10. The van der Waals surface area contributed by atoms with E-state index < -0.39 is 0 Å². The van der Waals surface area contributed by atoms with Gasteiger partial charge in [-0.05, 0) is 13.8 Å². The van der Waals surface area contributed by atoms with E-state index in [1.165, 1.54) is 0 Å². The summed E-state index contributed by atoms with van der Waals surface area (Å²) in [5.41, 5.74) is 7.61. The summed E-state index contributed by atoms with van der Waals surface area (Å²) in [5.74, 6) is 1.22. The third-order valence-corrected chi connectivity index (χ3v) is 3.00. The van der Waals surface area contributed by atoms with Crippen LogP contribution in [0.5, 0.6) is 0 Å². The molecule has 5 heteroatoms. The smallest absolute Gasteiger partial charge is 0.183 e. The Balaban J connectivity index is 2.33. The Labute approximate surface area is 104 Å². The van der Waals surface area contributed by atoms with Gasteiger partial charge in [0.2, 0.25) is 0 Å². The van der Waals surface area contributed by atoms with Crippen molar-refractivity contribution < 1.29 is 0 Å². The fourth-order valence-corrected chi connectivity index (χ4v) is 1.97. The van der Waals surface area contributed by atoms with Crippen molar-refractivity contribution in [3.8, 4) is 5.82 Å². The fraction of sp³-hybridized carbons (Fsp3) is 0.154. The highest BCUT2D eigenvalue weighted by Crippen LogP contribution is 2.22. The molecule has 0 aliphatic rings. The zero-order valence-electron chi connectivity index (χ0n) is 10.3. The van der Waals surface area contributed by atoms with Crippen LogP contribution in [0, 0.1) is 13.8 Å². The van der Waals surface area contributed by atoms with Crippen LogP contribution in [0.1, 0.15) is 11.3 Å². The second-order valence-corrected chi connectivity index (χ2v) is 4.30. The highest BCUT2D eigenvalue weighted by atomic mass is 15.4. The number of nitrogen functional groups attached to an aromatic ring is 1. The van der Waals surface area contributed by atoms with Crippen LogP contribution >= 0.6 is 0 Å². The molecule has 0 atom stereocenters. The van der Waals surface area contributed by atoms with E-state index in [9.17, 15) is 0 Å². The molecule has 3 aromatic rings. The topological polar surface area (TPSA) is 69.6 Å². The quantitative estimate of drug-likeness (QED) is 0.705. The van der Waals surface area contributed by atoms with Gasteiger partial charge in [-0.1, -0.05) is 24.3 Å². The minimum absolute atomic E-state index is 0.515. The molecule has 2 aromatic heterocycles. The average molecular weight is 239 g/mol. The van der Waals surface area contributed by atoms with E-state index in [-0.39, 0.29) is 0 Å². The van der Waals surface area contributed by atoms with Crippen molar-refractivity contribution in [3.63, 3.8) is 0 Å². The van der Waals surface area contributed by atoms with E-state index in [2.05, 4.69) is 15.3 Å². The molecule has 18 heavy (non-hydrogen) atoms. The Kier molecular flexibility index (Phi) is 2.26. The standard InChI is InChI=1S/C13H13N5/c1-8-7-18(17-12(8)14)13-11-6-4-3-5-10(11)9(2)15-16-13/h3-7H,1-2H3,(H2,14,17). The van der Waals surface area contributed by atoms with Gasteiger partial charge in [-0.25, -0.2) is 4.68 Å². The zero-order chi connectivity index (χ0) is 12.7. The van der Waals surface area contributed by atoms with Gasteiger partial charge >= 0.3 is 0 Å². The maximum atomic E-state index is 5.77. The Bertz CT molecular complexity index is 710. The first kappa shape index (κ1) is 10.7. The largest absolute Gasteiger partial charge is 0.382 e. The molecule has 2 heterocycles. The van der Waals surface area contributed by atoms with Crippen LogP contribution in [0.3, 0.4) is 0 Å². The zero-order valence-corrected chi connectivity index (χ0v) is 10.3. The molecule has 0 saturated heterocycles. The lowest BCUT2D eigenvalue weighted by molar-refractivity contribution is 0.822. The summed E-state index contributed by atoms with van der Waals surface area (Å²) >= 11 is 0. The predicted octanol–water partition coefficient (Wildman–Crippen LogP) is 2.01. The Morgan fingerprint density at radius 3 is 2.44 bits per heavy atom. The molecule has 2 N–H and O–H groups in total. The van der Waals surface area contributed by atoms with Crippen molar-refractivity contribution in [1.82, 2.24) is 20.0 Å². The molecule has 0 aliphatic heterocycles. The van der Waals surface area contributed by atoms with Gasteiger partial charge in [0.25, 0.3) is 0 Å². The van der Waals surface area contributed by atoms with Gasteiger partial charge in [-0.2, -0.15) is 5.10 Å². The van der Waals surface area contributed by atoms with E-state index >= 15 is 0 Å². The second kappa shape index (κ2) is 3.80. The van der Waals surface area contributed by atoms with Crippen LogP contribution in [-0.4, -0.2) is 20.0 Å². The minimum Gasteiger partial charge on any atom is -0.382 e. The average Bonchev–Trinajstić information content (AvgIpc) is 2.70. The van der Waals surface area contributed by atoms with Crippen LogP contribution in [0.25, 0.3) is 16.6 Å². The van der Waals surface area contributed by atoms with Gasteiger partial charge < -0.3 is 5.73 Å². The van der Waals surface area contributed by atoms with Crippen molar-refractivity contribution in [1.29, 1.82) is 0 Å². The highest BCUT2D eigenvalue weighted by molar-refractivity contribution is 5.89. The minimum atomic E-state index is 0.515. The first-order chi connectivity index (χ1) is 8.66. The summed E-state index contributed by atoms with van der Waals surface area (Å²) in [5, 5.41) is 14.7. The van der Waals surface area contributed by atoms with Crippen molar-refractivity contribution in [2.24, 2.45) is 0 Å². The molecule has 0 amide bonds. The molecule has 0 saturated carbocycles. The fourth-order valence-electron chi connectivity index (χ4n) is 1.97. The number of nitrogens with zero attached hydrogens (tertiary/aromatic N) is 4. The van der Waals surface area contributed by atoms with Gasteiger partial charge in [0, 0.05) is 22.5 Å². The summed E-state index contributed by atoms with van der Waals surface area (Å²) in [4.78, 5) is 0. The Hall–Kier alpha value is -2.43. The SMILES string of the molecule is Cc1cn(-c2nnc(C)c3ccccc23)nc1N. The molecule has 0 radical (unpaired) electrons. The third-order valence-electron chi connectivity index (χ3n) is 3.00. The van der Waals surface area contributed by atoms with E-state index in [1.54, 1.807) is 4.68 Å². The summed E-state index contributed by atoms with van der Waals surface area (Å²) in [6.45, 7) is 3.87. The molecule has 0 aliphatic carbocycles. The predicted molar refractivity (Wildman–Crippen MR) is 70.5 cm³/mol. The van der Waals surface area contributed by atoms with Crippen molar-refractivity contribution >= 4 is 16.6 Å². The normalized spacial score (nSPS) is 11.0. The maximum absolute atomic E-state index is 5.77. The number of nitrogens with two attached hydrogens (primary N) is 1. The number of hydrogen-bond donors (Lipinski definition) is 1. The molecule has 1 aromatic carbocycles. The molecule has 3 rings (SSSR count). The van der Waals surface area contributed by atoms with Crippen molar-refractivity contribution in [3.05, 3.63) is 41.7 Å². The molecule has 0 spiro atoms. The van der Waals surface area contributed by atoms with Gasteiger partial charge in [-0.3, -0.25) is 0 Å². The lowest BCUT2D eigenvalue weighted by atomic mass is 10.1. The van der Waals surface area contributed by atoms with Gasteiger partial charge in [0.1, 0.15) is 5.82 Å². The van der Waals surface area contributed by atoms with E-state index in [4.69, 9.17) is 5.73 Å². The number of rotatable bonds is 1. The van der Waals surface area contributed by atoms with Crippen molar-refractivity contribution in [2.45, 2.75) is 13.8 Å². The summed E-state index contributed by atoms with van der Waals surface area (Å²) in [6.07, 6.45) is 1.86. The number of anilines is 1. The summed E-state index contributed by atoms with van der Waals surface area (Å²) < 4.78 is 1.68.